The number of esters is 1. The molecule has 1 N–H and O–H groups in total. The number of thioether (sulfide) groups is 1. The van der Waals surface area contributed by atoms with Gasteiger partial charge < -0.3 is 19.3 Å². The number of ether oxygens (including phenoxy) is 3. The highest BCUT2D eigenvalue weighted by Crippen LogP contribution is 2.41. The van der Waals surface area contributed by atoms with E-state index in [-0.39, 0.29) is 30.2 Å². The van der Waals surface area contributed by atoms with Crippen LogP contribution in [0.4, 0.5) is 11.4 Å². The normalized spacial score (nSPS) is 15.0. The summed E-state index contributed by atoms with van der Waals surface area (Å²) in [5.74, 6) is 0.133. The first kappa shape index (κ1) is 27.5. The van der Waals surface area contributed by atoms with Crippen molar-refractivity contribution in [3.63, 3.8) is 0 Å². The third-order valence-corrected chi connectivity index (χ3v) is 6.48. The molecule has 0 bridgehead atoms. The first-order chi connectivity index (χ1) is 18.9. The van der Waals surface area contributed by atoms with E-state index in [1.165, 1.54) is 23.9 Å². The van der Waals surface area contributed by atoms with E-state index in [1.807, 2.05) is 25.1 Å². The molecule has 200 valence electrons. The number of carbonyl (C=O) groups excluding carboxylic acids is 1. The molecule has 39 heavy (non-hydrogen) atoms. The van der Waals surface area contributed by atoms with Gasteiger partial charge in [-0.15, -0.1) is 0 Å². The molecule has 0 aliphatic carbocycles. The summed E-state index contributed by atoms with van der Waals surface area (Å²) >= 11 is 1.17. The Morgan fingerprint density at radius 1 is 1.00 bits per heavy atom. The summed E-state index contributed by atoms with van der Waals surface area (Å²) in [5.41, 5.74) is 2.15. The van der Waals surface area contributed by atoms with Crippen LogP contribution in [0.5, 0.6) is 11.5 Å². The van der Waals surface area contributed by atoms with Gasteiger partial charge in [0.2, 0.25) is 0 Å². The van der Waals surface area contributed by atoms with Gasteiger partial charge in [-0.05, 0) is 67.4 Å². The summed E-state index contributed by atoms with van der Waals surface area (Å²) in [5, 5.41) is 22.2. The summed E-state index contributed by atoms with van der Waals surface area (Å²) in [6.45, 7) is 4.30. The van der Waals surface area contributed by atoms with E-state index in [2.05, 4.69) is 4.99 Å². The molecule has 1 aliphatic rings. The Kier molecular flexibility index (Phi) is 9.01. The molecule has 0 unspecified atom stereocenters. The lowest BCUT2D eigenvalue weighted by Gasteiger charge is -2.13. The van der Waals surface area contributed by atoms with Crippen LogP contribution in [0.1, 0.15) is 25.0 Å². The maximum Gasteiger partial charge on any atom is 0.344 e. The predicted molar refractivity (Wildman–Crippen MR) is 150 cm³/mol. The fraction of sp³-hybridized carbons (Fsp3) is 0.172. The number of para-hydroxylation sites is 1. The molecule has 3 aromatic rings. The number of nitrogens with zero attached hydrogens (tertiary/aromatic N) is 2. The molecule has 1 heterocycles. The fourth-order valence-electron chi connectivity index (χ4n) is 3.64. The Morgan fingerprint density at radius 3 is 2.41 bits per heavy atom. The van der Waals surface area contributed by atoms with Crippen LogP contribution in [0.25, 0.3) is 6.08 Å². The van der Waals surface area contributed by atoms with E-state index in [9.17, 15) is 20.0 Å². The average molecular weight is 547 g/mol. The predicted octanol–water partition coefficient (Wildman–Crippen LogP) is 6.77. The minimum atomic E-state index is -0.648. The molecule has 10 heteroatoms. The Bertz CT molecular complexity index is 1450. The molecule has 0 saturated heterocycles. The summed E-state index contributed by atoms with van der Waals surface area (Å²) in [7, 11) is 0. The quantitative estimate of drug-likeness (QED) is 0.168. The molecule has 0 aromatic heterocycles. The number of aliphatic imine (C=N–C) groups is 1. The van der Waals surface area contributed by atoms with Crippen molar-refractivity contribution in [3.05, 3.63) is 110 Å². The standard InChI is InChI=1S/C29H26N2O7S/c1-3-36-24-16-20(12-15-23(24)38-18-19-10-13-22(14-11-19)31(34)35)17-25-27(32)26(29(33)37-4-2)28(39-25)30-21-8-6-5-7-9-21/h5-17,32H,3-4,18H2,1-2H3/b25-17-,30-28?. The second-order valence-corrected chi connectivity index (χ2v) is 9.19. The van der Waals surface area contributed by atoms with Crippen LogP contribution in [0, 0.1) is 10.1 Å². The molecule has 0 saturated carbocycles. The lowest BCUT2D eigenvalue weighted by atomic mass is 10.1. The van der Waals surface area contributed by atoms with E-state index >= 15 is 0 Å². The van der Waals surface area contributed by atoms with Gasteiger partial charge in [0.15, 0.2) is 11.5 Å². The van der Waals surface area contributed by atoms with Gasteiger partial charge in [0.25, 0.3) is 5.69 Å². The highest BCUT2D eigenvalue weighted by molar-refractivity contribution is 8.18. The van der Waals surface area contributed by atoms with Gasteiger partial charge in [-0.3, -0.25) is 10.1 Å². The Labute approximate surface area is 229 Å². The van der Waals surface area contributed by atoms with Crippen LogP contribution < -0.4 is 9.47 Å². The molecule has 3 aromatic carbocycles. The van der Waals surface area contributed by atoms with Crippen LogP contribution in [-0.4, -0.2) is 34.3 Å². The van der Waals surface area contributed by atoms with Gasteiger partial charge in [0, 0.05) is 12.1 Å². The molecular formula is C29H26N2O7S. The Morgan fingerprint density at radius 2 is 1.74 bits per heavy atom. The van der Waals surface area contributed by atoms with Gasteiger partial charge in [-0.2, -0.15) is 0 Å². The number of hydrogen-bond acceptors (Lipinski definition) is 9. The zero-order valence-corrected chi connectivity index (χ0v) is 22.1. The van der Waals surface area contributed by atoms with Gasteiger partial charge in [0.1, 0.15) is 23.0 Å². The molecule has 0 atom stereocenters. The van der Waals surface area contributed by atoms with Gasteiger partial charge in [0.05, 0.1) is 28.7 Å². The molecule has 1 aliphatic heterocycles. The Hall–Kier alpha value is -4.57. The Balaban J connectivity index is 1.60. The molecule has 0 radical (unpaired) electrons. The highest BCUT2D eigenvalue weighted by atomic mass is 32.2. The number of aliphatic hydroxyl groups is 1. The van der Waals surface area contributed by atoms with E-state index < -0.39 is 10.9 Å². The van der Waals surface area contributed by atoms with Crippen molar-refractivity contribution in [1.29, 1.82) is 0 Å². The topological polar surface area (TPSA) is 120 Å². The molecule has 0 amide bonds. The lowest BCUT2D eigenvalue weighted by Crippen LogP contribution is -2.12. The highest BCUT2D eigenvalue weighted by Gasteiger charge is 2.33. The third-order valence-electron chi connectivity index (χ3n) is 5.46. The number of hydrogen-bond donors (Lipinski definition) is 1. The molecule has 0 fully saturated rings. The second kappa shape index (κ2) is 12.8. The van der Waals surface area contributed by atoms with E-state index in [0.717, 1.165) is 5.56 Å². The largest absolute Gasteiger partial charge is 0.506 e. The van der Waals surface area contributed by atoms with Crippen LogP contribution in [0.2, 0.25) is 0 Å². The number of nitro groups is 1. The van der Waals surface area contributed by atoms with Crippen LogP contribution >= 0.6 is 11.8 Å². The summed E-state index contributed by atoms with van der Waals surface area (Å²) in [6.07, 6.45) is 1.73. The van der Waals surface area contributed by atoms with Gasteiger partial charge in [-0.1, -0.05) is 36.0 Å². The van der Waals surface area contributed by atoms with Crippen LogP contribution in [-0.2, 0) is 16.1 Å². The van der Waals surface area contributed by atoms with Crippen LogP contribution in [0.15, 0.2) is 94.0 Å². The van der Waals surface area contributed by atoms with Crippen molar-refractivity contribution in [2.75, 3.05) is 13.2 Å². The number of rotatable bonds is 10. The SMILES string of the molecule is CCOC(=O)C1=C(O)/C(=C/c2ccc(OCc3ccc([N+](=O)[O-])cc3)c(OCC)c2)SC1=Nc1ccccc1. The van der Waals surface area contributed by atoms with Crippen molar-refractivity contribution < 1.29 is 29.0 Å². The van der Waals surface area contributed by atoms with Gasteiger partial charge >= 0.3 is 5.97 Å². The number of non-ortho nitro benzene ring substituents is 1. The van der Waals surface area contributed by atoms with Crippen LogP contribution in [0.3, 0.4) is 0 Å². The smallest absolute Gasteiger partial charge is 0.344 e. The number of benzene rings is 3. The maximum atomic E-state index is 12.6. The second-order valence-electron chi connectivity index (χ2n) is 8.16. The van der Waals surface area contributed by atoms with Crippen molar-refractivity contribution >= 4 is 40.2 Å². The first-order valence-corrected chi connectivity index (χ1v) is 13.0. The van der Waals surface area contributed by atoms with Crippen molar-refractivity contribution in [1.82, 2.24) is 0 Å². The molecule has 9 nitrogen and oxygen atoms in total. The zero-order chi connectivity index (χ0) is 27.8. The minimum Gasteiger partial charge on any atom is -0.506 e. The summed E-state index contributed by atoms with van der Waals surface area (Å²) < 4.78 is 16.9. The summed E-state index contributed by atoms with van der Waals surface area (Å²) in [6, 6.07) is 20.6. The zero-order valence-electron chi connectivity index (χ0n) is 21.3. The maximum absolute atomic E-state index is 12.6. The molecular weight excluding hydrogens is 520 g/mol. The van der Waals surface area contributed by atoms with E-state index in [1.54, 1.807) is 55.5 Å². The minimum absolute atomic E-state index is 0.0105. The average Bonchev–Trinajstić information content (AvgIpc) is 3.23. The van der Waals surface area contributed by atoms with Crippen molar-refractivity contribution in [2.24, 2.45) is 4.99 Å². The number of aliphatic hydroxyl groups excluding tert-OH is 1. The fourth-order valence-corrected chi connectivity index (χ4v) is 4.68. The third kappa shape index (κ3) is 6.85. The first-order valence-electron chi connectivity index (χ1n) is 12.2. The van der Waals surface area contributed by atoms with E-state index in [4.69, 9.17) is 14.2 Å². The molecule has 4 rings (SSSR count). The van der Waals surface area contributed by atoms with E-state index in [0.29, 0.717) is 39.3 Å². The molecule has 0 spiro atoms. The number of carbonyl (C=O) groups is 1. The monoisotopic (exact) mass is 546 g/mol. The van der Waals surface area contributed by atoms with Crippen molar-refractivity contribution in [3.8, 4) is 11.5 Å². The van der Waals surface area contributed by atoms with Crippen molar-refractivity contribution in [2.45, 2.75) is 20.5 Å². The lowest BCUT2D eigenvalue weighted by molar-refractivity contribution is -0.384. The number of nitro benzene ring substituents is 1. The van der Waals surface area contributed by atoms with Gasteiger partial charge in [-0.25, -0.2) is 9.79 Å². The summed E-state index contributed by atoms with van der Waals surface area (Å²) in [4.78, 5) is 28.1.